The van der Waals surface area contributed by atoms with Gasteiger partial charge in [0.1, 0.15) is 5.82 Å². The Kier molecular flexibility index (Phi) is 13.1. The predicted octanol–water partition coefficient (Wildman–Crippen LogP) is 9.59. The van der Waals surface area contributed by atoms with Crippen molar-refractivity contribution in [2.75, 3.05) is 5.73 Å². The van der Waals surface area contributed by atoms with Crippen LogP contribution < -0.4 is 11.5 Å². The Morgan fingerprint density at radius 2 is 1.00 bits per heavy atom. The molecule has 1 aromatic carbocycles. The van der Waals surface area contributed by atoms with Crippen LogP contribution in [-0.2, 0) is 0 Å². The van der Waals surface area contributed by atoms with Gasteiger partial charge in [-0.15, -0.1) is 10.2 Å². The van der Waals surface area contributed by atoms with Gasteiger partial charge in [-0.1, -0.05) is 139 Å². The van der Waals surface area contributed by atoms with Crippen molar-refractivity contribution in [1.82, 2.24) is 10.2 Å². The summed E-state index contributed by atoms with van der Waals surface area (Å²) in [5, 5.41) is 8.83. The summed E-state index contributed by atoms with van der Waals surface area (Å²) in [7, 11) is 0. The highest BCUT2D eigenvalue weighted by atomic mass is 15.1. The Morgan fingerprint density at radius 3 is 1.54 bits per heavy atom. The van der Waals surface area contributed by atoms with Gasteiger partial charge in [0, 0.05) is 17.2 Å². The van der Waals surface area contributed by atoms with Gasteiger partial charge in [-0.2, -0.15) is 0 Å². The number of hydrogen-bond donors (Lipinski definition) is 2. The Labute approximate surface area is 239 Å². The number of anilines is 1. The summed E-state index contributed by atoms with van der Waals surface area (Å²) in [5.74, 6) is 3.03. The number of benzene rings is 1. The molecule has 4 nitrogen and oxygen atoms in total. The first-order valence-corrected chi connectivity index (χ1v) is 16.6. The lowest BCUT2D eigenvalue weighted by atomic mass is 9.77. The molecule has 0 spiro atoms. The average molecular weight is 533 g/mol. The largest absolute Gasteiger partial charge is 0.382 e. The van der Waals surface area contributed by atoms with E-state index in [0.29, 0.717) is 17.8 Å². The van der Waals surface area contributed by atoms with E-state index in [1.54, 1.807) is 0 Å². The molecule has 2 atom stereocenters. The molecule has 4 heteroatoms. The predicted molar refractivity (Wildman–Crippen MR) is 167 cm³/mol. The molecule has 2 aliphatic rings. The lowest BCUT2D eigenvalue weighted by molar-refractivity contribution is 0.235. The van der Waals surface area contributed by atoms with E-state index in [1.165, 1.54) is 140 Å². The molecule has 2 unspecified atom stereocenters. The molecule has 2 saturated carbocycles. The summed E-state index contributed by atoms with van der Waals surface area (Å²) in [5.41, 5.74) is 16.1. The zero-order valence-electron chi connectivity index (χ0n) is 24.7. The molecule has 4 rings (SSSR count). The van der Waals surface area contributed by atoms with E-state index >= 15 is 0 Å². The number of nitrogens with zero attached hydrogens (tertiary/aromatic N) is 2. The Bertz CT molecular complexity index is 915. The van der Waals surface area contributed by atoms with Gasteiger partial charge in [0.15, 0.2) is 0 Å². The monoisotopic (exact) mass is 532 g/mol. The van der Waals surface area contributed by atoms with Crippen molar-refractivity contribution in [2.45, 2.75) is 147 Å². The van der Waals surface area contributed by atoms with E-state index in [2.05, 4.69) is 40.5 Å². The van der Waals surface area contributed by atoms with Crippen molar-refractivity contribution in [3.63, 3.8) is 0 Å². The number of nitrogens with two attached hydrogens (primary N) is 2. The third-order valence-electron chi connectivity index (χ3n) is 9.83. The van der Waals surface area contributed by atoms with Gasteiger partial charge in [0.05, 0.1) is 5.69 Å². The fourth-order valence-corrected chi connectivity index (χ4v) is 7.43. The molecule has 2 fully saturated rings. The molecule has 1 aromatic heterocycles. The van der Waals surface area contributed by atoms with E-state index in [9.17, 15) is 0 Å². The van der Waals surface area contributed by atoms with Gasteiger partial charge < -0.3 is 11.5 Å². The Balaban J connectivity index is 1.35. The van der Waals surface area contributed by atoms with Crippen molar-refractivity contribution in [2.24, 2.45) is 17.6 Å². The lowest BCUT2D eigenvalue weighted by Crippen LogP contribution is -2.20. The topological polar surface area (TPSA) is 77.8 Å². The van der Waals surface area contributed by atoms with Crippen LogP contribution in [0.25, 0.3) is 11.3 Å². The summed E-state index contributed by atoms with van der Waals surface area (Å²) >= 11 is 0. The summed E-state index contributed by atoms with van der Waals surface area (Å²) < 4.78 is 0. The third kappa shape index (κ3) is 10.2. The Morgan fingerprint density at radius 1 is 0.538 bits per heavy atom. The van der Waals surface area contributed by atoms with Gasteiger partial charge in [0.25, 0.3) is 0 Å². The van der Waals surface area contributed by atoms with Crippen LogP contribution in [-0.4, -0.2) is 16.2 Å². The molecular formula is C35H56N4. The summed E-state index contributed by atoms with van der Waals surface area (Å²) in [6.07, 6.45) is 28.5. The van der Waals surface area contributed by atoms with Gasteiger partial charge in [-0.05, 0) is 49.5 Å². The first-order valence-electron chi connectivity index (χ1n) is 16.6. The second-order valence-electron chi connectivity index (χ2n) is 12.8. The minimum absolute atomic E-state index is 0.451. The molecule has 1 heterocycles. The molecular weight excluding hydrogens is 476 g/mol. The van der Waals surface area contributed by atoms with Crippen molar-refractivity contribution in [3.05, 3.63) is 42.0 Å². The molecule has 39 heavy (non-hydrogen) atoms. The van der Waals surface area contributed by atoms with Crippen molar-refractivity contribution >= 4 is 5.82 Å². The average Bonchev–Trinajstić information content (AvgIpc) is 2.97. The van der Waals surface area contributed by atoms with Gasteiger partial charge in [0.2, 0.25) is 0 Å². The number of aromatic nitrogens is 2. The molecule has 4 N–H and O–H groups in total. The summed E-state index contributed by atoms with van der Waals surface area (Å²) in [4.78, 5) is 0. The maximum Gasteiger partial charge on any atom is 0.149 e. The van der Waals surface area contributed by atoms with Crippen molar-refractivity contribution in [1.29, 1.82) is 0 Å². The highest BCUT2D eigenvalue weighted by Crippen LogP contribution is 2.37. The smallest absolute Gasteiger partial charge is 0.149 e. The van der Waals surface area contributed by atoms with E-state index in [-0.39, 0.29) is 0 Å². The van der Waals surface area contributed by atoms with Crippen LogP contribution in [0.1, 0.15) is 146 Å². The molecule has 0 radical (unpaired) electrons. The molecule has 0 aliphatic heterocycles. The fraction of sp³-hybridized carbons (Fsp3) is 0.714. The van der Waals surface area contributed by atoms with E-state index in [0.717, 1.165) is 23.1 Å². The van der Waals surface area contributed by atoms with E-state index in [1.807, 2.05) is 6.07 Å². The normalized spacial score (nSPS) is 27.6. The van der Waals surface area contributed by atoms with E-state index in [4.69, 9.17) is 11.5 Å². The van der Waals surface area contributed by atoms with Gasteiger partial charge in [-0.3, -0.25) is 0 Å². The first-order chi connectivity index (χ1) is 19.2. The maximum absolute atomic E-state index is 6.43. The van der Waals surface area contributed by atoms with Gasteiger partial charge >= 0.3 is 0 Å². The van der Waals surface area contributed by atoms with Crippen LogP contribution in [0.4, 0.5) is 5.82 Å². The molecule has 0 saturated heterocycles. The van der Waals surface area contributed by atoms with E-state index < -0.39 is 0 Å². The standard InChI is InChI=1S/C35H56N4/c36-32-25-15-5-10-19-29(20-11-6-16-26-32)28-17-7-1-2-8-21-30(22-12-3-9-18-28)33-27-34(38-39-35(33)37)31-23-13-4-14-24-31/h4,13-14,23-24,27-30,32H,1-3,5-12,15-22,25-26,36H2,(H2,37,39). The Hall–Kier alpha value is -1.94. The van der Waals surface area contributed by atoms with Crippen LogP contribution in [0, 0.1) is 11.8 Å². The zero-order valence-corrected chi connectivity index (χ0v) is 24.7. The highest BCUT2D eigenvalue weighted by Gasteiger charge is 2.22. The molecule has 2 aliphatic carbocycles. The molecule has 0 amide bonds. The minimum Gasteiger partial charge on any atom is -0.382 e. The number of hydrogen-bond acceptors (Lipinski definition) is 4. The van der Waals surface area contributed by atoms with Crippen LogP contribution in [0.15, 0.2) is 36.4 Å². The number of rotatable bonds is 3. The number of nitrogen functional groups attached to an aromatic ring is 1. The highest BCUT2D eigenvalue weighted by molar-refractivity contribution is 5.61. The van der Waals surface area contributed by atoms with Crippen LogP contribution >= 0.6 is 0 Å². The third-order valence-corrected chi connectivity index (χ3v) is 9.83. The zero-order chi connectivity index (χ0) is 27.1. The minimum atomic E-state index is 0.451. The first kappa shape index (κ1) is 30.0. The molecule has 0 bridgehead atoms. The van der Waals surface area contributed by atoms with Crippen LogP contribution in [0.5, 0.6) is 0 Å². The fourth-order valence-electron chi connectivity index (χ4n) is 7.43. The maximum atomic E-state index is 6.43. The van der Waals surface area contributed by atoms with Crippen LogP contribution in [0.2, 0.25) is 0 Å². The second kappa shape index (κ2) is 17.0. The lowest BCUT2D eigenvalue weighted by Gasteiger charge is -2.28. The quantitative estimate of drug-likeness (QED) is 0.412. The van der Waals surface area contributed by atoms with Crippen molar-refractivity contribution < 1.29 is 0 Å². The SMILES string of the molecule is Nc1nnc(-c2ccccc2)cc1C1CCCCCCC(C2CCCCCC(N)CCCCC2)CCCCC1. The summed E-state index contributed by atoms with van der Waals surface area (Å²) in [6.45, 7) is 0. The molecule has 2 aromatic rings. The second-order valence-corrected chi connectivity index (χ2v) is 12.8. The van der Waals surface area contributed by atoms with Crippen molar-refractivity contribution in [3.8, 4) is 11.3 Å². The molecule has 216 valence electrons. The summed E-state index contributed by atoms with van der Waals surface area (Å²) in [6, 6.07) is 13.1. The van der Waals surface area contributed by atoms with Gasteiger partial charge in [-0.25, -0.2) is 0 Å². The van der Waals surface area contributed by atoms with Crippen LogP contribution in [0.3, 0.4) is 0 Å².